The van der Waals surface area contributed by atoms with E-state index in [0.29, 0.717) is 18.3 Å². The Morgan fingerprint density at radius 3 is 1.81 bits per heavy atom. The van der Waals surface area contributed by atoms with E-state index in [2.05, 4.69) is 92.0 Å². The summed E-state index contributed by atoms with van der Waals surface area (Å²) in [6.07, 6.45) is 2.13. The molecule has 0 saturated carbocycles. The van der Waals surface area contributed by atoms with Crippen LogP contribution in [0.5, 0.6) is 11.5 Å². The lowest BCUT2D eigenvalue weighted by atomic mass is 9.93. The number of benzene rings is 2. The molecule has 0 bridgehead atoms. The maximum Gasteiger partial charge on any atom is 0.311 e. The first kappa shape index (κ1) is 33.3. The van der Waals surface area contributed by atoms with Crippen molar-refractivity contribution in [3.05, 3.63) is 88.7 Å². The van der Waals surface area contributed by atoms with Gasteiger partial charge in [0.25, 0.3) is 11.8 Å². The van der Waals surface area contributed by atoms with E-state index in [0.717, 1.165) is 11.1 Å². The zero-order valence-electron chi connectivity index (χ0n) is 26.4. The van der Waals surface area contributed by atoms with E-state index < -0.39 is 23.8 Å². The highest BCUT2D eigenvalue weighted by Crippen LogP contribution is 2.31. The number of esters is 1. The predicted octanol–water partition coefficient (Wildman–Crippen LogP) is 5.91. The van der Waals surface area contributed by atoms with Crippen molar-refractivity contribution >= 4 is 17.8 Å². The minimum absolute atomic E-state index is 0.0829. The molecule has 1 aromatic heterocycles. The van der Waals surface area contributed by atoms with Crippen LogP contribution in [0.3, 0.4) is 0 Å². The van der Waals surface area contributed by atoms with Crippen LogP contribution in [0.2, 0.25) is 0 Å². The number of aromatic nitrogens is 1. The molecule has 9 nitrogen and oxygen atoms in total. The van der Waals surface area contributed by atoms with E-state index in [-0.39, 0.29) is 29.7 Å². The minimum Gasteiger partial charge on any atom is -0.493 e. The highest BCUT2D eigenvalue weighted by atomic mass is 16.6. The van der Waals surface area contributed by atoms with E-state index >= 15 is 0 Å². The Kier molecular flexibility index (Phi) is 11.8. The van der Waals surface area contributed by atoms with Crippen LogP contribution in [0.15, 0.2) is 60.8 Å². The van der Waals surface area contributed by atoms with Crippen molar-refractivity contribution in [2.24, 2.45) is 0 Å². The lowest BCUT2D eigenvalue weighted by Gasteiger charge is -2.31. The Balaban J connectivity index is 1.82. The quantitative estimate of drug-likeness (QED) is 0.189. The molecule has 0 aliphatic carbocycles. The fraction of sp³-hybridized carbons (Fsp3) is 0.412. The van der Waals surface area contributed by atoms with E-state index in [1.807, 2.05) is 6.92 Å². The van der Waals surface area contributed by atoms with Crippen LogP contribution in [-0.2, 0) is 9.59 Å². The maximum absolute atomic E-state index is 13.3. The number of ether oxygens (including phenoxy) is 2. The topological polar surface area (TPSA) is 110 Å². The van der Waals surface area contributed by atoms with Gasteiger partial charge in [-0.25, -0.2) is 9.99 Å². The first-order chi connectivity index (χ1) is 20.5. The van der Waals surface area contributed by atoms with Gasteiger partial charge in [0.1, 0.15) is 6.04 Å². The average Bonchev–Trinajstić information content (AvgIpc) is 2.97. The molecule has 0 aliphatic rings. The molecule has 2 amide bonds. The van der Waals surface area contributed by atoms with E-state index in [1.165, 1.54) is 30.5 Å². The summed E-state index contributed by atoms with van der Waals surface area (Å²) < 4.78 is 10.7. The van der Waals surface area contributed by atoms with Gasteiger partial charge in [0.2, 0.25) is 5.75 Å². The molecule has 2 N–H and O–H groups in total. The van der Waals surface area contributed by atoms with Gasteiger partial charge >= 0.3 is 5.97 Å². The third-order valence-electron chi connectivity index (χ3n) is 7.23. The molecule has 3 rings (SSSR count). The van der Waals surface area contributed by atoms with Crippen LogP contribution >= 0.6 is 0 Å². The number of nitrogens with zero attached hydrogens (tertiary/aromatic N) is 2. The molecule has 0 spiro atoms. The number of hydrazine groups is 1. The summed E-state index contributed by atoms with van der Waals surface area (Å²) in [6, 6.07) is 17.1. The number of hydrogen-bond donors (Lipinski definition) is 2. The molecule has 230 valence electrons. The number of carbonyl (C=O) groups is 3. The van der Waals surface area contributed by atoms with E-state index in [1.54, 1.807) is 19.0 Å². The van der Waals surface area contributed by atoms with Crippen molar-refractivity contribution in [3.63, 3.8) is 0 Å². The average molecular weight is 589 g/mol. The summed E-state index contributed by atoms with van der Waals surface area (Å²) in [6.45, 7) is 12.0. The number of amides is 2. The first-order valence-corrected chi connectivity index (χ1v) is 14.7. The number of nitrogens with one attached hydrogen (secondary N) is 2. The van der Waals surface area contributed by atoms with Gasteiger partial charge in [-0.3, -0.25) is 19.8 Å². The fourth-order valence-corrected chi connectivity index (χ4v) is 4.65. The molecular formula is C34H44N4O5. The van der Waals surface area contributed by atoms with Crippen molar-refractivity contribution < 1.29 is 23.9 Å². The van der Waals surface area contributed by atoms with Gasteiger partial charge in [0, 0.05) is 25.7 Å². The number of rotatable bonds is 13. The predicted molar refractivity (Wildman–Crippen MR) is 167 cm³/mol. The number of hydrogen-bond acceptors (Lipinski definition) is 7. The second kappa shape index (κ2) is 15.3. The summed E-state index contributed by atoms with van der Waals surface area (Å²) in [5, 5.41) is 4.42. The van der Waals surface area contributed by atoms with Gasteiger partial charge in [-0.05, 0) is 47.4 Å². The lowest BCUT2D eigenvalue weighted by Crippen LogP contribution is -2.51. The molecule has 0 radical (unpaired) electrons. The van der Waals surface area contributed by atoms with Crippen molar-refractivity contribution in [3.8, 4) is 11.5 Å². The molecule has 0 fully saturated rings. The zero-order valence-corrected chi connectivity index (χ0v) is 26.4. The summed E-state index contributed by atoms with van der Waals surface area (Å²) in [5.41, 5.74) is 7.28. The van der Waals surface area contributed by atoms with Crippen LogP contribution in [0.4, 0.5) is 0 Å². The molecule has 1 heterocycles. The number of carbonyl (C=O) groups excluding carboxylic acids is 3. The molecule has 0 saturated heterocycles. The van der Waals surface area contributed by atoms with Crippen LogP contribution in [0.25, 0.3) is 0 Å². The summed E-state index contributed by atoms with van der Waals surface area (Å²) in [4.78, 5) is 42.9. The van der Waals surface area contributed by atoms with Crippen LogP contribution < -0.4 is 20.2 Å². The highest BCUT2D eigenvalue weighted by molar-refractivity contribution is 5.99. The summed E-state index contributed by atoms with van der Waals surface area (Å²) in [5.74, 6) is -0.704. The molecular weight excluding hydrogens is 544 g/mol. The Hall–Kier alpha value is -4.24. The van der Waals surface area contributed by atoms with Crippen molar-refractivity contribution in [1.82, 2.24) is 20.7 Å². The number of pyridine rings is 1. The van der Waals surface area contributed by atoms with Gasteiger partial charge in [0.05, 0.1) is 13.2 Å². The van der Waals surface area contributed by atoms with Gasteiger partial charge in [-0.2, -0.15) is 0 Å². The molecule has 2 aromatic carbocycles. The minimum atomic E-state index is -0.936. The smallest absolute Gasteiger partial charge is 0.311 e. The van der Waals surface area contributed by atoms with Crippen LogP contribution in [0.1, 0.15) is 105 Å². The first-order valence-electron chi connectivity index (χ1n) is 14.7. The largest absolute Gasteiger partial charge is 0.493 e. The zero-order chi connectivity index (χ0) is 31.7. The standard InChI is InChI=1S/C34H44N4O5/c1-9-10-29(39)43-32-28(42-8)19-20-35-30(32)34(41)36-23(6)33(40)37-38(7)31(26-15-11-24(12-16-26)21(2)3)27-17-13-25(14-18-27)22(4)5/h11-23,31H,9-10H2,1-8H3,(H,36,41)(H,37,40)/t23-/m0/s1. The highest BCUT2D eigenvalue weighted by Gasteiger charge is 2.27. The van der Waals surface area contributed by atoms with Gasteiger partial charge in [-0.1, -0.05) is 83.1 Å². The molecule has 1 atom stereocenters. The maximum atomic E-state index is 13.3. The Bertz CT molecular complexity index is 1340. The second-order valence-electron chi connectivity index (χ2n) is 11.2. The third kappa shape index (κ3) is 8.64. The fourth-order valence-electron chi connectivity index (χ4n) is 4.65. The molecule has 43 heavy (non-hydrogen) atoms. The summed E-state index contributed by atoms with van der Waals surface area (Å²) in [7, 11) is 3.21. The van der Waals surface area contributed by atoms with E-state index in [4.69, 9.17) is 9.47 Å². The van der Waals surface area contributed by atoms with Gasteiger partial charge in [0.15, 0.2) is 11.4 Å². The lowest BCUT2D eigenvalue weighted by molar-refractivity contribution is -0.134. The Morgan fingerprint density at radius 2 is 1.35 bits per heavy atom. The Morgan fingerprint density at radius 1 is 0.837 bits per heavy atom. The monoisotopic (exact) mass is 588 g/mol. The van der Waals surface area contributed by atoms with E-state index in [9.17, 15) is 14.4 Å². The van der Waals surface area contributed by atoms with Gasteiger partial charge < -0.3 is 14.8 Å². The van der Waals surface area contributed by atoms with Gasteiger partial charge in [-0.15, -0.1) is 0 Å². The second-order valence-corrected chi connectivity index (χ2v) is 11.2. The molecule has 9 heteroatoms. The number of methoxy groups -OCH3 is 1. The molecule has 3 aromatic rings. The van der Waals surface area contributed by atoms with Crippen molar-refractivity contribution in [2.45, 2.75) is 78.3 Å². The van der Waals surface area contributed by atoms with Crippen molar-refractivity contribution in [1.29, 1.82) is 0 Å². The molecule has 0 aliphatic heterocycles. The SMILES string of the molecule is CCCC(=O)Oc1c(OC)ccnc1C(=O)N[C@@H](C)C(=O)NN(C)C(c1ccc(C(C)C)cc1)c1ccc(C(C)C)cc1. The third-order valence-corrected chi connectivity index (χ3v) is 7.23. The Labute approximate surface area is 255 Å². The van der Waals surface area contributed by atoms with Crippen LogP contribution in [0, 0.1) is 0 Å². The van der Waals surface area contributed by atoms with Crippen LogP contribution in [-0.4, -0.2) is 48.0 Å². The normalized spacial score (nSPS) is 12.0. The molecule has 0 unspecified atom stereocenters. The van der Waals surface area contributed by atoms with Crippen molar-refractivity contribution in [2.75, 3.05) is 14.2 Å². The summed E-state index contributed by atoms with van der Waals surface area (Å²) >= 11 is 0.